The van der Waals surface area contributed by atoms with E-state index in [2.05, 4.69) is 10.3 Å². The number of amides is 3. The van der Waals surface area contributed by atoms with Crippen LogP contribution in [0.5, 0.6) is 0 Å². The Morgan fingerprint density at radius 1 is 1.37 bits per heavy atom. The second kappa shape index (κ2) is 4.48. The van der Waals surface area contributed by atoms with Crippen molar-refractivity contribution >= 4 is 28.4 Å². The van der Waals surface area contributed by atoms with Gasteiger partial charge < -0.3 is 10.6 Å². The molecule has 1 aromatic rings. The fraction of sp³-hybridized carbons (Fsp3) is 0.583. The number of likely N-dealkylation sites (tertiary alicyclic amines) is 1. The highest BCUT2D eigenvalue weighted by Crippen LogP contribution is 2.48. The summed E-state index contributed by atoms with van der Waals surface area (Å²) in [6.45, 7) is 0.805. The Hall–Kier alpha value is -1.63. The minimum Gasteiger partial charge on any atom is -0.365 e. The maximum absolute atomic E-state index is 12.3. The van der Waals surface area contributed by atoms with Crippen LogP contribution in [0.3, 0.4) is 0 Å². The molecule has 2 heterocycles. The summed E-state index contributed by atoms with van der Waals surface area (Å²) in [4.78, 5) is 29.5. The Labute approximate surface area is 115 Å². The van der Waals surface area contributed by atoms with Crippen LogP contribution < -0.4 is 11.1 Å². The van der Waals surface area contributed by atoms with Gasteiger partial charge in [-0.2, -0.15) is 0 Å². The minimum absolute atomic E-state index is 0.103. The van der Waals surface area contributed by atoms with Crippen molar-refractivity contribution in [3.8, 4) is 0 Å². The number of primary amides is 1. The number of anilines is 1. The van der Waals surface area contributed by atoms with E-state index in [1.807, 2.05) is 4.90 Å². The molecule has 0 atom stereocenters. The highest BCUT2D eigenvalue weighted by Gasteiger charge is 2.51. The van der Waals surface area contributed by atoms with Crippen LogP contribution in [-0.2, 0) is 0 Å². The number of hydrogen-bond donors (Lipinski definition) is 2. The van der Waals surface area contributed by atoms with Crippen LogP contribution >= 0.6 is 11.3 Å². The summed E-state index contributed by atoms with van der Waals surface area (Å²) in [5, 5.41) is 3.20. The lowest BCUT2D eigenvalue weighted by atomic mass is 10.0. The van der Waals surface area contributed by atoms with Gasteiger partial charge in [0.05, 0.1) is 6.20 Å². The number of hydrogen-bond acceptors (Lipinski definition) is 4. The van der Waals surface area contributed by atoms with Crippen LogP contribution in [0, 0.1) is 0 Å². The summed E-state index contributed by atoms with van der Waals surface area (Å²) in [6, 6.07) is -0.109. The van der Waals surface area contributed by atoms with Crippen molar-refractivity contribution in [3.63, 3.8) is 0 Å². The average Bonchev–Trinajstić information content (AvgIpc) is 2.98. The number of carbonyl (C=O) groups is 2. The van der Waals surface area contributed by atoms with Gasteiger partial charge >= 0.3 is 6.03 Å². The van der Waals surface area contributed by atoms with E-state index < -0.39 is 5.91 Å². The summed E-state index contributed by atoms with van der Waals surface area (Å²) in [7, 11) is 0. The average molecular weight is 280 g/mol. The second-order valence-corrected chi connectivity index (χ2v) is 6.19. The van der Waals surface area contributed by atoms with Gasteiger partial charge in [0.1, 0.15) is 4.88 Å². The van der Waals surface area contributed by atoms with E-state index in [-0.39, 0.29) is 11.6 Å². The van der Waals surface area contributed by atoms with E-state index in [9.17, 15) is 9.59 Å². The van der Waals surface area contributed by atoms with E-state index in [0.29, 0.717) is 10.0 Å². The number of nitrogens with one attached hydrogen (secondary N) is 1. The molecule has 3 rings (SSSR count). The van der Waals surface area contributed by atoms with E-state index in [1.54, 1.807) is 0 Å². The Bertz CT molecular complexity index is 524. The van der Waals surface area contributed by atoms with Gasteiger partial charge in [-0.05, 0) is 32.1 Å². The zero-order valence-corrected chi connectivity index (χ0v) is 11.3. The molecule has 1 saturated heterocycles. The Morgan fingerprint density at radius 3 is 2.79 bits per heavy atom. The van der Waals surface area contributed by atoms with Crippen LogP contribution in [0.4, 0.5) is 9.93 Å². The van der Waals surface area contributed by atoms with Crippen molar-refractivity contribution in [2.45, 2.75) is 37.6 Å². The molecule has 0 unspecified atom stereocenters. The predicted molar refractivity (Wildman–Crippen MR) is 72.2 cm³/mol. The minimum atomic E-state index is -0.519. The Balaban J connectivity index is 1.68. The first kappa shape index (κ1) is 12.4. The molecule has 2 fully saturated rings. The Kier molecular flexibility index (Phi) is 2.93. The van der Waals surface area contributed by atoms with E-state index >= 15 is 0 Å². The SMILES string of the molecule is NC(=O)c1cnc(NC(=O)N2CCCCC23CC3)s1. The van der Waals surface area contributed by atoms with Crippen LogP contribution in [0.2, 0.25) is 0 Å². The zero-order chi connectivity index (χ0) is 13.5. The highest BCUT2D eigenvalue weighted by atomic mass is 32.1. The zero-order valence-electron chi connectivity index (χ0n) is 10.5. The molecule has 3 amide bonds. The molecular formula is C12H16N4O2S. The number of aromatic nitrogens is 1. The largest absolute Gasteiger partial charge is 0.365 e. The number of nitrogens with two attached hydrogens (primary N) is 1. The van der Waals surface area contributed by atoms with Crippen molar-refractivity contribution in [1.29, 1.82) is 0 Å². The van der Waals surface area contributed by atoms with Gasteiger partial charge in [-0.15, -0.1) is 0 Å². The lowest BCUT2D eigenvalue weighted by molar-refractivity contribution is 0.100. The predicted octanol–water partition coefficient (Wildman–Crippen LogP) is 1.79. The molecule has 0 bridgehead atoms. The third-order valence-electron chi connectivity index (χ3n) is 3.88. The summed E-state index contributed by atoms with van der Waals surface area (Å²) in [5.74, 6) is -0.519. The quantitative estimate of drug-likeness (QED) is 0.865. The molecule has 19 heavy (non-hydrogen) atoms. The van der Waals surface area contributed by atoms with Gasteiger partial charge in [-0.25, -0.2) is 9.78 Å². The molecule has 1 aliphatic carbocycles. The molecule has 2 aliphatic rings. The Morgan fingerprint density at radius 2 is 2.16 bits per heavy atom. The highest BCUT2D eigenvalue weighted by molar-refractivity contribution is 7.17. The van der Waals surface area contributed by atoms with Crippen molar-refractivity contribution in [2.24, 2.45) is 5.73 Å². The van der Waals surface area contributed by atoms with Crippen LogP contribution in [0.25, 0.3) is 0 Å². The molecule has 0 radical (unpaired) electrons. The maximum atomic E-state index is 12.3. The molecule has 0 aromatic carbocycles. The van der Waals surface area contributed by atoms with Crippen molar-refractivity contribution < 1.29 is 9.59 Å². The van der Waals surface area contributed by atoms with Gasteiger partial charge in [-0.3, -0.25) is 10.1 Å². The first-order chi connectivity index (χ1) is 9.11. The van der Waals surface area contributed by atoms with Crippen molar-refractivity contribution in [1.82, 2.24) is 9.88 Å². The third kappa shape index (κ3) is 2.30. The van der Waals surface area contributed by atoms with E-state index in [1.165, 1.54) is 12.6 Å². The summed E-state index contributed by atoms with van der Waals surface area (Å²) in [5.41, 5.74) is 5.27. The van der Waals surface area contributed by atoms with Gasteiger partial charge in [0.2, 0.25) is 0 Å². The standard InChI is InChI=1S/C12H16N4O2S/c13-9(17)8-7-14-10(19-8)15-11(18)16-6-2-1-3-12(16)4-5-12/h7H,1-6H2,(H2,13,17)(H,14,15,18). The molecule has 1 saturated carbocycles. The molecule has 102 valence electrons. The van der Waals surface area contributed by atoms with E-state index in [4.69, 9.17) is 5.73 Å². The summed E-state index contributed by atoms with van der Waals surface area (Å²) >= 11 is 1.11. The van der Waals surface area contributed by atoms with Crippen LogP contribution in [0.1, 0.15) is 41.8 Å². The molecule has 3 N–H and O–H groups in total. The number of piperidine rings is 1. The molecule has 1 aromatic heterocycles. The number of carbonyl (C=O) groups excluding carboxylic acids is 2. The van der Waals surface area contributed by atoms with Crippen molar-refractivity contribution in [2.75, 3.05) is 11.9 Å². The number of rotatable bonds is 2. The smallest absolute Gasteiger partial charge is 0.324 e. The number of urea groups is 1. The fourth-order valence-electron chi connectivity index (χ4n) is 2.68. The molecule has 1 spiro atoms. The second-order valence-electron chi connectivity index (χ2n) is 5.16. The van der Waals surface area contributed by atoms with Gasteiger partial charge in [-0.1, -0.05) is 11.3 Å². The summed E-state index contributed by atoms with van der Waals surface area (Å²) in [6.07, 6.45) is 6.96. The monoisotopic (exact) mass is 280 g/mol. The first-order valence-corrected chi connectivity index (χ1v) is 7.27. The molecule has 7 heteroatoms. The number of nitrogens with zero attached hydrogens (tertiary/aromatic N) is 2. The molecule has 6 nitrogen and oxygen atoms in total. The van der Waals surface area contributed by atoms with Crippen molar-refractivity contribution in [3.05, 3.63) is 11.1 Å². The van der Waals surface area contributed by atoms with Crippen LogP contribution in [0.15, 0.2) is 6.20 Å². The topological polar surface area (TPSA) is 88.3 Å². The van der Waals surface area contributed by atoms with E-state index in [0.717, 1.165) is 43.6 Å². The third-order valence-corrected chi connectivity index (χ3v) is 4.81. The van der Waals surface area contributed by atoms with Gasteiger partial charge in [0, 0.05) is 12.1 Å². The molecular weight excluding hydrogens is 264 g/mol. The molecule has 1 aliphatic heterocycles. The fourth-order valence-corrected chi connectivity index (χ4v) is 3.34. The number of thiazole rings is 1. The normalized spacial score (nSPS) is 20.3. The van der Waals surface area contributed by atoms with Gasteiger partial charge in [0.15, 0.2) is 5.13 Å². The van der Waals surface area contributed by atoms with Crippen LogP contribution in [-0.4, -0.2) is 33.9 Å². The lowest BCUT2D eigenvalue weighted by Crippen LogP contribution is -2.47. The lowest BCUT2D eigenvalue weighted by Gasteiger charge is -2.35. The van der Waals surface area contributed by atoms with Gasteiger partial charge in [0.25, 0.3) is 5.91 Å². The first-order valence-electron chi connectivity index (χ1n) is 6.45. The summed E-state index contributed by atoms with van der Waals surface area (Å²) < 4.78 is 0. The maximum Gasteiger partial charge on any atom is 0.324 e.